The molecule has 0 unspecified atom stereocenters. The van der Waals surface area contributed by atoms with Crippen LogP contribution in [0.1, 0.15) is 0 Å². The zero-order valence-electron chi connectivity index (χ0n) is 5.40. The summed E-state index contributed by atoms with van der Waals surface area (Å²) in [5.41, 5.74) is 0. The van der Waals surface area contributed by atoms with E-state index in [0.29, 0.717) is 10.0 Å². The van der Waals surface area contributed by atoms with Gasteiger partial charge < -0.3 is 5.11 Å². The Hall–Kier alpha value is 0.197. The van der Waals surface area contributed by atoms with Crippen LogP contribution in [0.5, 0.6) is 5.75 Å². The van der Waals surface area contributed by atoms with Crippen molar-refractivity contribution in [1.82, 2.24) is 0 Å². The van der Waals surface area contributed by atoms with Crippen molar-refractivity contribution in [1.29, 1.82) is 0 Å². The van der Waals surface area contributed by atoms with Crippen molar-refractivity contribution in [3.63, 3.8) is 0 Å². The Labute approximate surface area is 81.1 Å². The summed E-state index contributed by atoms with van der Waals surface area (Å²) in [6.07, 6.45) is 0. The summed E-state index contributed by atoms with van der Waals surface area (Å²) in [6.45, 7) is 0. The second kappa shape index (κ2) is 4.15. The molecule has 0 atom stereocenters. The fourth-order valence-corrected chi connectivity index (χ4v) is 0.765. The summed E-state index contributed by atoms with van der Waals surface area (Å²) in [7, 11) is 0. The molecule has 0 bridgehead atoms. The van der Waals surface area contributed by atoms with Crippen LogP contribution in [0.3, 0.4) is 0 Å². The van der Waals surface area contributed by atoms with E-state index in [-0.39, 0.29) is 24.6 Å². The van der Waals surface area contributed by atoms with Crippen molar-refractivity contribution in [3.05, 3.63) is 28.2 Å². The summed E-state index contributed by atoms with van der Waals surface area (Å²) in [6, 6.07) is 4.13. The van der Waals surface area contributed by atoms with E-state index < -0.39 is 0 Å². The molecule has 0 fully saturated rings. The minimum absolute atomic E-state index is 0. The number of benzene rings is 1. The molecule has 1 rings (SSSR count). The molecule has 1 aromatic carbocycles. The van der Waals surface area contributed by atoms with Crippen LogP contribution in [0.15, 0.2) is 18.2 Å². The van der Waals surface area contributed by atoms with Gasteiger partial charge in [-0.2, -0.15) is 0 Å². The van der Waals surface area contributed by atoms with E-state index in [4.69, 9.17) is 23.2 Å². The fourth-order valence-electron chi connectivity index (χ4n) is 0.477. The van der Waals surface area contributed by atoms with Crippen molar-refractivity contribution in [2.24, 2.45) is 0 Å². The van der Waals surface area contributed by atoms with E-state index in [9.17, 15) is 5.11 Å². The smallest absolute Gasteiger partial charge is 0.872 e. The molecular weight excluding hydrogens is 166 g/mol. The molecule has 0 aromatic heterocycles. The molecule has 0 aliphatic heterocycles. The molecule has 0 saturated carbocycles. The maximum atomic E-state index is 10.5. The van der Waals surface area contributed by atoms with Gasteiger partial charge in [-0.05, 0) is 12.1 Å². The third-order valence-electron chi connectivity index (χ3n) is 0.891. The largest absolute Gasteiger partial charge is 1.00 e. The van der Waals surface area contributed by atoms with Crippen LogP contribution in [0.2, 0.25) is 10.0 Å². The first-order valence-electron chi connectivity index (χ1n) is 2.32. The van der Waals surface area contributed by atoms with Gasteiger partial charge >= 0.3 is 18.9 Å². The average molecular weight is 169 g/mol. The third-order valence-corrected chi connectivity index (χ3v) is 1.63. The van der Waals surface area contributed by atoms with Gasteiger partial charge in [0.2, 0.25) is 0 Å². The summed E-state index contributed by atoms with van der Waals surface area (Å²) in [5, 5.41) is 11.2. The monoisotopic (exact) mass is 168 g/mol. The van der Waals surface area contributed by atoms with Crippen LogP contribution in [0.4, 0.5) is 0 Å². The van der Waals surface area contributed by atoms with E-state index in [0.717, 1.165) is 0 Å². The van der Waals surface area contributed by atoms with Crippen molar-refractivity contribution >= 4 is 23.2 Å². The average Bonchev–Trinajstić information content (AvgIpc) is 1.80. The maximum Gasteiger partial charge on any atom is 1.00 e. The molecule has 0 aliphatic carbocycles. The van der Waals surface area contributed by atoms with Crippen molar-refractivity contribution in [3.8, 4) is 5.75 Å². The Morgan fingerprint density at radius 2 is 1.70 bits per heavy atom. The Kier molecular flexibility index (Phi) is 4.24. The predicted molar refractivity (Wildman–Crippen MR) is 35.9 cm³/mol. The number of halogens is 2. The molecule has 1 aromatic rings. The van der Waals surface area contributed by atoms with Gasteiger partial charge in [-0.25, -0.2) is 0 Å². The van der Waals surface area contributed by atoms with Crippen LogP contribution in [-0.4, -0.2) is 0 Å². The molecule has 0 N–H and O–H groups in total. The van der Waals surface area contributed by atoms with Gasteiger partial charge in [-0.1, -0.05) is 29.3 Å². The zero-order chi connectivity index (χ0) is 6.85. The van der Waals surface area contributed by atoms with Gasteiger partial charge in [0.15, 0.2) is 0 Å². The Morgan fingerprint density at radius 1 is 1.10 bits per heavy atom. The first kappa shape index (κ1) is 10.2. The number of hydrogen-bond acceptors (Lipinski definition) is 1. The van der Waals surface area contributed by atoms with Gasteiger partial charge in [-0.15, -0.1) is 5.75 Å². The fraction of sp³-hybridized carbons (Fsp3) is 0. The molecule has 48 valence electrons. The molecule has 0 radical (unpaired) electrons. The van der Waals surface area contributed by atoms with Gasteiger partial charge in [0.1, 0.15) is 0 Å². The Bertz CT molecular complexity index is 227. The van der Waals surface area contributed by atoms with E-state index >= 15 is 0 Å². The molecular formula is C6H3Cl2LiO. The second-order valence-electron chi connectivity index (χ2n) is 1.58. The first-order chi connectivity index (χ1) is 4.20. The van der Waals surface area contributed by atoms with Gasteiger partial charge in [-0.3, -0.25) is 0 Å². The normalized spacial score (nSPS) is 8.60. The summed E-state index contributed by atoms with van der Waals surface area (Å²) >= 11 is 11.0. The number of rotatable bonds is 0. The molecule has 0 aliphatic rings. The van der Waals surface area contributed by atoms with Crippen molar-refractivity contribution in [2.75, 3.05) is 0 Å². The van der Waals surface area contributed by atoms with E-state index in [1.807, 2.05) is 0 Å². The standard InChI is InChI=1S/C6H4Cl2O.Li/c7-5-2-1-4(9)3-6(5)8;/h1-3,9H;/q;+1/p-1. The molecule has 0 amide bonds. The summed E-state index contributed by atoms with van der Waals surface area (Å²) in [4.78, 5) is 0. The topological polar surface area (TPSA) is 23.1 Å². The van der Waals surface area contributed by atoms with Crippen LogP contribution in [-0.2, 0) is 0 Å². The Balaban J connectivity index is 0.000000810. The summed E-state index contributed by atoms with van der Waals surface area (Å²) < 4.78 is 0. The SMILES string of the molecule is [Li+].[O-]c1ccc(Cl)c(Cl)c1. The van der Waals surface area contributed by atoms with Crippen LogP contribution < -0.4 is 24.0 Å². The Morgan fingerprint density at radius 3 is 2.10 bits per heavy atom. The van der Waals surface area contributed by atoms with Gasteiger partial charge in [0.25, 0.3) is 0 Å². The van der Waals surface area contributed by atoms with Crippen molar-refractivity contribution in [2.45, 2.75) is 0 Å². The van der Waals surface area contributed by atoms with Gasteiger partial charge in [0, 0.05) is 0 Å². The third kappa shape index (κ3) is 2.44. The van der Waals surface area contributed by atoms with E-state index in [2.05, 4.69) is 0 Å². The minimum atomic E-state index is -0.121. The first-order valence-corrected chi connectivity index (χ1v) is 3.08. The quantitative estimate of drug-likeness (QED) is 0.460. The van der Waals surface area contributed by atoms with Crippen LogP contribution in [0.25, 0.3) is 0 Å². The van der Waals surface area contributed by atoms with Gasteiger partial charge in [0.05, 0.1) is 10.0 Å². The molecule has 4 heteroatoms. The van der Waals surface area contributed by atoms with E-state index in [1.54, 1.807) is 0 Å². The molecule has 0 heterocycles. The molecule has 1 nitrogen and oxygen atoms in total. The maximum absolute atomic E-state index is 10.5. The van der Waals surface area contributed by atoms with Crippen LogP contribution >= 0.6 is 23.2 Å². The second-order valence-corrected chi connectivity index (χ2v) is 2.39. The molecule has 0 saturated heterocycles. The molecule has 10 heavy (non-hydrogen) atoms. The van der Waals surface area contributed by atoms with E-state index in [1.165, 1.54) is 18.2 Å². The summed E-state index contributed by atoms with van der Waals surface area (Å²) in [5.74, 6) is -0.121. The zero-order valence-corrected chi connectivity index (χ0v) is 6.91. The predicted octanol–water partition coefficient (Wildman–Crippen LogP) is -0.929. The molecule has 0 spiro atoms. The van der Waals surface area contributed by atoms with Crippen molar-refractivity contribution < 1.29 is 24.0 Å². The number of hydrogen-bond donors (Lipinski definition) is 0. The minimum Gasteiger partial charge on any atom is -0.872 e. The van der Waals surface area contributed by atoms with Crippen LogP contribution in [0, 0.1) is 0 Å².